The lowest BCUT2D eigenvalue weighted by atomic mass is 9.81. The van der Waals surface area contributed by atoms with E-state index in [-0.39, 0.29) is 5.41 Å². The predicted molar refractivity (Wildman–Crippen MR) is 99.8 cm³/mol. The van der Waals surface area contributed by atoms with Gasteiger partial charge < -0.3 is 4.74 Å². The Morgan fingerprint density at radius 1 is 0.880 bits per heavy atom. The van der Waals surface area contributed by atoms with Crippen LogP contribution in [0.5, 0.6) is 5.75 Å². The minimum absolute atomic E-state index is 0.0249. The van der Waals surface area contributed by atoms with Crippen molar-refractivity contribution in [3.63, 3.8) is 0 Å². The topological polar surface area (TPSA) is 13.1 Å². The Labute approximate surface area is 146 Å². The number of hydrogen-bond donors (Lipinski definition) is 0. The standard InChI is InChI=1S/C23H18NO/c1-23(2)17-11-14-7-3-5-9-16(14)22-20(17)21-18(23)12-15-8-4-6-10-19(15)24(21)13-25-22/h3-12H,13H2,1-2H3/q+1. The second-order valence-electron chi connectivity index (χ2n) is 7.64. The molecule has 0 spiro atoms. The lowest BCUT2D eigenvalue weighted by Gasteiger charge is -2.20. The Hall–Kier alpha value is -2.87. The Kier molecular flexibility index (Phi) is 2.26. The molecule has 2 nitrogen and oxygen atoms in total. The molecule has 0 fully saturated rings. The third kappa shape index (κ3) is 1.49. The molecule has 0 saturated heterocycles. The molecule has 0 radical (unpaired) electrons. The molecule has 1 aliphatic heterocycles. The fourth-order valence-corrected chi connectivity index (χ4v) is 4.69. The van der Waals surface area contributed by atoms with Crippen LogP contribution >= 0.6 is 0 Å². The van der Waals surface area contributed by atoms with Crippen LogP contribution in [-0.4, -0.2) is 0 Å². The first kappa shape index (κ1) is 13.4. The minimum Gasteiger partial charge on any atom is -0.434 e. The van der Waals surface area contributed by atoms with E-state index in [2.05, 4.69) is 79.1 Å². The normalized spacial score (nSPS) is 16.1. The van der Waals surface area contributed by atoms with Crippen molar-refractivity contribution in [2.75, 3.05) is 0 Å². The van der Waals surface area contributed by atoms with Gasteiger partial charge in [0.2, 0.25) is 11.2 Å². The highest BCUT2D eigenvalue weighted by atomic mass is 16.5. The highest BCUT2D eigenvalue weighted by molar-refractivity contribution is 6.00. The summed E-state index contributed by atoms with van der Waals surface area (Å²) in [7, 11) is 0. The molecule has 0 N–H and O–H groups in total. The summed E-state index contributed by atoms with van der Waals surface area (Å²) in [6.07, 6.45) is 0. The number of aromatic nitrogens is 1. The molecule has 1 aliphatic carbocycles. The van der Waals surface area contributed by atoms with E-state index in [4.69, 9.17) is 4.74 Å². The maximum absolute atomic E-state index is 6.34. The van der Waals surface area contributed by atoms with Crippen LogP contribution in [-0.2, 0) is 12.1 Å². The number of para-hydroxylation sites is 1. The number of nitrogens with zero attached hydrogens (tertiary/aromatic N) is 1. The van der Waals surface area contributed by atoms with Gasteiger partial charge in [0.25, 0.3) is 6.73 Å². The Bertz CT molecular complexity index is 1120. The van der Waals surface area contributed by atoms with Crippen LogP contribution in [0.3, 0.4) is 0 Å². The summed E-state index contributed by atoms with van der Waals surface area (Å²) in [5.41, 5.74) is 6.62. The fraction of sp³-hybridized carbons (Fsp3) is 0.174. The molecule has 1 aromatic heterocycles. The van der Waals surface area contributed by atoms with E-state index in [0.717, 1.165) is 5.75 Å². The van der Waals surface area contributed by atoms with Gasteiger partial charge in [-0.2, -0.15) is 4.57 Å². The molecule has 0 atom stereocenters. The first-order valence-electron chi connectivity index (χ1n) is 8.82. The summed E-state index contributed by atoms with van der Waals surface area (Å²) in [5, 5.41) is 3.75. The smallest absolute Gasteiger partial charge is 0.293 e. The van der Waals surface area contributed by atoms with Crippen molar-refractivity contribution in [1.29, 1.82) is 0 Å². The maximum Gasteiger partial charge on any atom is 0.293 e. The van der Waals surface area contributed by atoms with Gasteiger partial charge in [0.05, 0.1) is 5.56 Å². The monoisotopic (exact) mass is 324 g/mol. The number of ether oxygens (including phenoxy) is 1. The van der Waals surface area contributed by atoms with Crippen molar-refractivity contribution in [2.45, 2.75) is 26.0 Å². The van der Waals surface area contributed by atoms with Gasteiger partial charge in [-0.3, -0.25) is 0 Å². The van der Waals surface area contributed by atoms with E-state index in [9.17, 15) is 0 Å². The van der Waals surface area contributed by atoms with Crippen LogP contribution in [0.15, 0.2) is 60.7 Å². The number of rotatable bonds is 0. The Balaban J connectivity index is 1.87. The summed E-state index contributed by atoms with van der Waals surface area (Å²) < 4.78 is 8.69. The predicted octanol–water partition coefficient (Wildman–Crippen LogP) is 4.94. The quantitative estimate of drug-likeness (QED) is 0.418. The van der Waals surface area contributed by atoms with Gasteiger partial charge in [0, 0.05) is 27.8 Å². The van der Waals surface area contributed by atoms with Crippen molar-refractivity contribution in [2.24, 2.45) is 0 Å². The molecule has 0 saturated carbocycles. The third-order valence-corrected chi connectivity index (χ3v) is 5.98. The summed E-state index contributed by atoms with van der Waals surface area (Å²) in [6, 6.07) is 21.9. The highest BCUT2D eigenvalue weighted by Gasteiger charge is 2.46. The molecule has 0 amide bonds. The van der Waals surface area contributed by atoms with Crippen molar-refractivity contribution < 1.29 is 9.30 Å². The molecule has 3 aromatic carbocycles. The second-order valence-corrected chi connectivity index (χ2v) is 7.64. The fourth-order valence-electron chi connectivity index (χ4n) is 4.69. The minimum atomic E-state index is -0.0249. The van der Waals surface area contributed by atoms with E-state index in [1.165, 1.54) is 44.1 Å². The maximum atomic E-state index is 6.34. The van der Waals surface area contributed by atoms with Crippen molar-refractivity contribution in [1.82, 2.24) is 0 Å². The summed E-state index contributed by atoms with van der Waals surface area (Å²) >= 11 is 0. The molecule has 2 heteroatoms. The largest absolute Gasteiger partial charge is 0.434 e. The van der Waals surface area contributed by atoms with Crippen molar-refractivity contribution in [3.8, 4) is 17.0 Å². The van der Waals surface area contributed by atoms with Gasteiger partial charge in [-0.05, 0) is 29.1 Å². The summed E-state index contributed by atoms with van der Waals surface area (Å²) in [4.78, 5) is 0. The summed E-state index contributed by atoms with van der Waals surface area (Å²) in [6.45, 7) is 5.24. The van der Waals surface area contributed by atoms with E-state index in [0.29, 0.717) is 6.73 Å². The number of fused-ring (bicyclic) bond motifs is 4. The van der Waals surface area contributed by atoms with Gasteiger partial charge in [0.1, 0.15) is 5.75 Å². The van der Waals surface area contributed by atoms with Crippen LogP contribution in [0.4, 0.5) is 0 Å². The molecular formula is C23H18NO+. The first-order chi connectivity index (χ1) is 12.2. The van der Waals surface area contributed by atoms with Gasteiger partial charge in [-0.25, -0.2) is 0 Å². The van der Waals surface area contributed by atoms with Gasteiger partial charge in [-0.15, -0.1) is 0 Å². The molecule has 25 heavy (non-hydrogen) atoms. The van der Waals surface area contributed by atoms with Crippen LogP contribution in [0.1, 0.15) is 25.0 Å². The zero-order valence-corrected chi connectivity index (χ0v) is 14.3. The Morgan fingerprint density at radius 3 is 2.48 bits per heavy atom. The van der Waals surface area contributed by atoms with Crippen LogP contribution in [0.2, 0.25) is 0 Å². The number of pyridine rings is 1. The zero-order valence-electron chi connectivity index (χ0n) is 14.3. The average molecular weight is 324 g/mol. The van der Waals surface area contributed by atoms with Crippen molar-refractivity contribution in [3.05, 3.63) is 71.8 Å². The van der Waals surface area contributed by atoms with Crippen LogP contribution in [0, 0.1) is 0 Å². The first-order valence-corrected chi connectivity index (χ1v) is 8.82. The van der Waals surface area contributed by atoms with Crippen LogP contribution < -0.4 is 9.30 Å². The zero-order chi connectivity index (χ0) is 16.8. The molecule has 120 valence electrons. The molecule has 4 aromatic rings. The van der Waals surface area contributed by atoms with Gasteiger partial charge >= 0.3 is 0 Å². The molecule has 6 rings (SSSR count). The van der Waals surface area contributed by atoms with E-state index < -0.39 is 0 Å². The highest BCUT2D eigenvalue weighted by Crippen LogP contribution is 2.54. The number of benzene rings is 3. The van der Waals surface area contributed by atoms with Crippen LogP contribution in [0.25, 0.3) is 32.9 Å². The van der Waals surface area contributed by atoms with Crippen molar-refractivity contribution >= 4 is 21.7 Å². The van der Waals surface area contributed by atoms with Gasteiger partial charge in [-0.1, -0.05) is 50.2 Å². The lowest BCUT2D eigenvalue weighted by Crippen LogP contribution is -2.42. The third-order valence-electron chi connectivity index (χ3n) is 5.98. The van der Waals surface area contributed by atoms with E-state index in [1.54, 1.807) is 0 Å². The molecule has 2 aliphatic rings. The van der Waals surface area contributed by atoms with Gasteiger partial charge in [0.15, 0.2) is 0 Å². The Morgan fingerprint density at radius 2 is 1.60 bits per heavy atom. The SMILES string of the molecule is CC1(C)c2cc3ccccc3c3c2-c2c1cc1ccccc1[n+]2CO3. The van der Waals surface area contributed by atoms with E-state index in [1.807, 2.05) is 0 Å². The van der Waals surface area contributed by atoms with E-state index >= 15 is 0 Å². The second kappa shape index (κ2) is 4.20. The molecule has 0 unspecified atom stereocenters. The lowest BCUT2D eigenvalue weighted by molar-refractivity contribution is -0.693. The molecular weight excluding hydrogens is 306 g/mol. The molecule has 2 heterocycles. The average Bonchev–Trinajstić information content (AvgIpc) is 2.87. The molecule has 0 bridgehead atoms. The summed E-state index contributed by atoms with van der Waals surface area (Å²) in [5.74, 6) is 1.05. The number of hydrogen-bond acceptors (Lipinski definition) is 1.